The van der Waals surface area contributed by atoms with Crippen molar-refractivity contribution in [1.82, 2.24) is 9.88 Å². The number of thioether (sulfide) groups is 1. The second kappa shape index (κ2) is 10.1. The first-order chi connectivity index (χ1) is 18.4. The van der Waals surface area contributed by atoms with E-state index in [1.165, 1.54) is 16.7 Å². The van der Waals surface area contributed by atoms with Gasteiger partial charge in [-0.2, -0.15) is 0 Å². The second-order valence-electron chi connectivity index (χ2n) is 9.87. The number of para-hydroxylation sites is 1. The molecule has 0 spiro atoms. The first-order valence-corrected chi connectivity index (χ1v) is 14.5. The monoisotopic (exact) mass is 549 g/mol. The number of piperidine rings is 1. The molecule has 3 aliphatic heterocycles. The third kappa shape index (κ3) is 4.35. The third-order valence-corrected chi connectivity index (χ3v) is 9.83. The molecular formula is C28H27N3O5S2. The SMILES string of the molecule is Cc1ccc(N2C(=O)C3Sc4[nH]c(=O)sc4C(c4ccccc4OCC(=O)N4CCCCC4)C3C2=O)cc1. The predicted molar refractivity (Wildman–Crippen MR) is 146 cm³/mol. The van der Waals surface area contributed by atoms with Crippen LogP contribution >= 0.6 is 23.1 Å². The second-order valence-corrected chi connectivity index (χ2v) is 12.0. The Balaban J connectivity index is 1.36. The molecule has 3 aromatic rings. The quantitative estimate of drug-likeness (QED) is 0.484. The van der Waals surface area contributed by atoms with Crippen LogP contribution in [0, 0.1) is 12.8 Å². The maximum atomic E-state index is 13.9. The zero-order valence-corrected chi connectivity index (χ0v) is 22.5. The van der Waals surface area contributed by atoms with E-state index >= 15 is 0 Å². The Bertz CT molecular complexity index is 1460. The van der Waals surface area contributed by atoms with Crippen LogP contribution in [0.4, 0.5) is 5.69 Å². The highest BCUT2D eigenvalue weighted by molar-refractivity contribution is 8.00. The van der Waals surface area contributed by atoms with Crippen LogP contribution in [0.5, 0.6) is 5.75 Å². The van der Waals surface area contributed by atoms with Gasteiger partial charge in [-0.05, 0) is 44.4 Å². The highest BCUT2D eigenvalue weighted by Crippen LogP contribution is 2.54. The van der Waals surface area contributed by atoms with Gasteiger partial charge in [0, 0.05) is 29.4 Å². The summed E-state index contributed by atoms with van der Waals surface area (Å²) in [7, 11) is 0. The van der Waals surface area contributed by atoms with Crippen molar-refractivity contribution in [2.75, 3.05) is 24.6 Å². The number of aromatic nitrogens is 1. The molecule has 0 saturated carbocycles. The van der Waals surface area contributed by atoms with E-state index in [2.05, 4.69) is 4.98 Å². The van der Waals surface area contributed by atoms with Crippen molar-refractivity contribution in [1.29, 1.82) is 0 Å². The number of hydrogen-bond donors (Lipinski definition) is 1. The lowest BCUT2D eigenvalue weighted by Gasteiger charge is -2.31. The number of anilines is 1. The zero-order chi connectivity index (χ0) is 26.4. The van der Waals surface area contributed by atoms with E-state index < -0.39 is 17.1 Å². The van der Waals surface area contributed by atoms with E-state index in [-0.39, 0.29) is 29.2 Å². The van der Waals surface area contributed by atoms with Crippen molar-refractivity contribution in [3.05, 3.63) is 74.2 Å². The number of rotatable bonds is 5. The molecule has 2 saturated heterocycles. The molecule has 10 heteroatoms. The Morgan fingerprint density at radius 3 is 2.50 bits per heavy atom. The van der Waals surface area contributed by atoms with Gasteiger partial charge in [-0.15, -0.1) is 0 Å². The van der Waals surface area contributed by atoms with Crippen LogP contribution in [0.2, 0.25) is 0 Å². The first-order valence-electron chi connectivity index (χ1n) is 12.8. The van der Waals surface area contributed by atoms with Gasteiger partial charge in [0.05, 0.1) is 16.6 Å². The maximum absolute atomic E-state index is 13.9. The van der Waals surface area contributed by atoms with E-state index in [1.54, 1.807) is 18.2 Å². The summed E-state index contributed by atoms with van der Waals surface area (Å²) in [5, 5.41) is -0.0769. The van der Waals surface area contributed by atoms with Gasteiger partial charge in [0.25, 0.3) is 5.91 Å². The van der Waals surface area contributed by atoms with Crippen molar-refractivity contribution in [2.24, 2.45) is 5.92 Å². The number of carbonyl (C=O) groups is 3. The zero-order valence-electron chi connectivity index (χ0n) is 20.8. The highest BCUT2D eigenvalue weighted by atomic mass is 32.2. The smallest absolute Gasteiger partial charge is 0.305 e. The van der Waals surface area contributed by atoms with E-state index in [4.69, 9.17) is 4.74 Å². The summed E-state index contributed by atoms with van der Waals surface area (Å²) in [6.45, 7) is 3.31. The number of likely N-dealkylation sites (tertiary alicyclic amines) is 1. The number of H-pyrrole nitrogens is 1. The molecule has 3 unspecified atom stereocenters. The lowest BCUT2D eigenvalue weighted by atomic mass is 9.82. The Morgan fingerprint density at radius 2 is 1.74 bits per heavy atom. The molecule has 196 valence electrons. The molecule has 1 N–H and O–H groups in total. The van der Waals surface area contributed by atoms with Gasteiger partial charge >= 0.3 is 4.87 Å². The molecule has 2 aromatic carbocycles. The normalized spacial score (nSPS) is 22.8. The summed E-state index contributed by atoms with van der Waals surface area (Å²) in [6.07, 6.45) is 3.12. The fourth-order valence-corrected chi connectivity index (χ4v) is 8.05. The molecule has 0 aliphatic carbocycles. The highest BCUT2D eigenvalue weighted by Gasteiger charge is 2.56. The summed E-state index contributed by atoms with van der Waals surface area (Å²) in [4.78, 5) is 59.2. The van der Waals surface area contributed by atoms with Crippen LogP contribution in [0.15, 0.2) is 58.4 Å². The lowest BCUT2D eigenvalue weighted by Crippen LogP contribution is -2.38. The molecule has 8 nitrogen and oxygen atoms in total. The van der Waals surface area contributed by atoms with Crippen LogP contribution in [0.1, 0.15) is 41.2 Å². The molecule has 0 radical (unpaired) electrons. The van der Waals surface area contributed by atoms with Crippen LogP contribution in [0.25, 0.3) is 0 Å². The number of carbonyl (C=O) groups excluding carboxylic acids is 3. The number of nitrogens with one attached hydrogen (secondary N) is 1. The molecular weight excluding hydrogens is 522 g/mol. The van der Waals surface area contributed by atoms with Crippen LogP contribution < -0.4 is 14.5 Å². The molecule has 3 aliphatic rings. The number of nitrogens with zero attached hydrogens (tertiary/aromatic N) is 2. The number of benzene rings is 2. The van der Waals surface area contributed by atoms with Gasteiger partial charge in [0.2, 0.25) is 11.8 Å². The maximum Gasteiger partial charge on any atom is 0.305 e. The Morgan fingerprint density at radius 1 is 1.00 bits per heavy atom. The minimum absolute atomic E-state index is 0.0683. The molecule has 6 rings (SSSR count). The van der Waals surface area contributed by atoms with Gasteiger partial charge in [-0.3, -0.25) is 19.2 Å². The average molecular weight is 550 g/mol. The number of imide groups is 1. The van der Waals surface area contributed by atoms with Gasteiger partial charge < -0.3 is 14.6 Å². The fourth-order valence-electron chi connectivity index (χ4n) is 5.54. The average Bonchev–Trinajstić information content (AvgIpc) is 3.43. The Labute approximate surface area is 228 Å². The van der Waals surface area contributed by atoms with Crippen LogP contribution in [-0.4, -0.2) is 52.6 Å². The summed E-state index contributed by atoms with van der Waals surface area (Å²) >= 11 is 2.30. The third-order valence-electron chi connectivity index (χ3n) is 7.43. The largest absolute Gasteiger partial charge is 0.483 e. The topological polar surface area (TPSA) is 99.8 Å². The standard InChI is InChI=1S/C28H27N3O5S2/c1-16-9-11-17(12-10-16)31-26(33)22-21(23-25(29-28(35)38-23)37-24(22)27(31)34)18-7-3-4-8-19(18)36-15-20(32)30-13-5-2-6-14-30/h3-4,7-12,21-22,24H,2,5-6,13-15H2,1H3,(H,29,35). The summed E-state index contributed by atoms with van der Waals surface area (Å²) in [5.41, 5.74) is 2.26. The number of ether oxygens (including phenoxy) is 1. The van der Waals surface area contributed by atoms with Gasteiger partial charge in [0.15, 0.2) is 6.61 Å². The molecule has 1 aromatic heterocycles. The van der Waals surface area contributed by atoms with E-state index in [0.717, 1.165) is 49.3 Å². The van der Waals surface area contributed by atoms with Crippen molar-refractivity contribution in [2.45, 2.75) is 42.4 Å². The number of fused-ring (bicyclic) bond motifs is 2. The van der Waals surface area contributed by atoms with Crippen molar-refractivity contribution in [3.63, 3.8) is 0 Å². The minimum atomic E-state index is -0.713. The molecule has 2 fully saturated rings. The molecule has 3 atom stereocenters. The van der Waals surface area contributed by atoms with Crippen molar-refractivity contribution < 1.29 is 19.1 Å². The molecule has 3 amide bonds. The first kappa shape index (κ1) is 24.9. The predicted octanol–water partition coefficient (Wildman–Crippen LogP) is 3.93. The summed E-state index contributed by atoms with van der Waals surface area (Å²) in [5.74, 6) is -1.46. The summed E-state index contributed by atoms with van der Waals surface area (Å²) < 4.78 is 6.07. The summed E-state index contributed by atoms with van der Waals surface area (Å²) in [6, 6.07) is 14.6. The number of aryl methyl sites for hydroxylation is 1. The molecule has 0 bridgehead atoms. The number of aromatic amines is 1. The van der Waals surface area contributed by atoms with E-state index in [9.17, 15) is 19.2 Å². The molecule has 38 heavy (non-hydrogen) atoms. The number of amides is 3. The van der Waals surface area contributed by atoms with Gasteiger partial charge in [-0.1, -0.05) is 59.0 Å². The Hall–Kier alpha value is -3.37. The lowest BCUT2D eigenvalue weighted by molar-refractivity contribution is -0.134. The van der Waals surface area contributed by atoms with Gasteiger partial charge in [-0.25, -0.2) is 4.90 Å². The van der Waals surface area contributed by atoms with Gasteiger partial charge in [0.1, 0.15) is 11.0 Å². The van der Waals surface area contributed by atoms with Crippen LogP contribution in [-0.2, 0) is 14.4 Å². The van der Waals surface area contributed by atoms with E-state index in [0.29, 0.717) is 26.9 Å². The van der Waals surface area contributed by atoms with E-state index in [1.807, 2.05) is 42.2 Å². The van der Waals surface area contributed by atoms with Crippen LogP contribution in [0.3, 0.4) is 0 Å². The van der Waals surface area contributed by atoms with Crippen molar-refractivity contribution in [3.8, 4) is 5.75 Å². The molecule has 4 heterocycles. The number of thiazole rings is 1. The fraction of sp³-hybridized carbons (Fsp3) is 0.357. The number of hydrogen-bond acceptors (Lipinski definition) is 7. The Kier molecular flexibility index (Phi) is 6.61. The minimum Gasteiger partial charge on any atom is -0.483 e. The van der Waals surface area contributed by atoms with Crippen molar-refractivity contribution >= 4 is 46.5 Å².